The Balaban J connectivity index is 1.18. The molecule has 1 aromatic carbocycles. The summed E-state index contributed by atoms with van der Waals surface area (Å²) in [4.78, 5) is 24.9. The van der Waals surface area contributed by atoms with Crippen LogP contribution in [-0.2, 0) is 10.2 Å². The van der Waals surface area contributed by atoms with Gasteiger partial charge in [0.25, 0.3) is 5.69 Å². The molecular formula is C27H34N2O3. The topological polar surface area (TPSA) is 72.2 Å². The van der Waals surface area contributed by atoms with Crippen LogP contribution in [0.3, 0.4) is 0 Å². The predicted molar refractivity (Wildman–Crippen MR) is 121 cm³/mol. The summed E-state index contributed by atoms with van der Waals surface area (Å²) in [6.45, 7) is 0. The van der Waals surface area contributed by atoms with Crippen LogP contribution in [0.5, 0.6) is 0 Å². The van der Waals surface area contributed by atoms with Crippen molar-refractivity contribution >= 4 is 11.6 Å². The molecule has 2 atom stereocenters. The lowest BCUT2D eigenvalue weighted by Gasteiger charge is -2.63. The summed E-state index contributed by atoms with van der Waals surface area (Å²) < 4.78 is 0. The molecule has 1 N–H and O–H groups in total. The maximum Gasteiger partial charge on any atom is 0.269 e. The van der Waals surface area contributed by atoms with Crippen LogP contribution >= 0.6 is 0 Å². The molecule has 8 aliphatic carbocycles. The van der Waals surface area contributed by atoms with E-state index >= 15 is 0 Å². The van der Waals surface area contributed by atoms with E-state index in [-0.39, 0.29) is 27.0 Å². The van der Waals surface area contributed by atoms with Crippen LogP contribution in [0.25, 0.3) is 0 Å². The smallest absolute Gasteiger partial charge is 0.269 e. The van der Waals surface area contributed by atoms with Crippen LogP contribution in [0, 0.1) is 45.1 Å². The number of nitrogens with one attached hydrogen (secondary N) is 1. The van der Waals surface area contributed by atoms with Gasteiger partial charge in [-0.25, -0.2) is 0 Å². The van der Waals surface area contributed by atoms with Crippen molar-refractivity contribution in [3.63, 3.8) is 0 Å². The maximum absolute atomic E-state index is 14.1. The fourth-order valence-electron chi connectivity index (χ4n) is 10.4. The van der Waals surface area contributed by atoms with Crippen molar-refractivity contribution in [2.45, 2.75) is 88.0 Å². The monoisotopic (exact) mass is 434 g/mol. The number of benzene rings is 1. The number of amides is 1. The molecule has 32 heavy (non-hydrogen) atoms. The molecule has 0 heterocycles. The molecule has 0 spiro atoms. The number of non-ortho nitro benzene ring substituents is 1. The second kappa shape index (κ2) is 6.36. The minimum absolute atomic E-state index is 0.0258. The number of nitro groups is 1. The Bertz CT molecular complexity index is 934. The Morgan fingerprint density at radius 3 is 1.88 bits per heavy atom. The maximum atomic E-state index is 14.1. The van der Waals surface area contributed by atoms with E-state index in [1.807, 2.05) is 12.1 Å². The molecule has 8 aliphatic rings. The van der Waals surface area contributed by atoms with Gasteiger partial charge in [-0.15, -0.1) is 0 Å². The summed E-state index contributed by atoms with van der Waals surface area (Å²) in [5.74, 6) is 4.11. The van der Waals surface area contributed by atoms with Crippen LogP contribution in [0.4, 0.5) is 5.69 Å². The third kappa shape index (κ3) is 2.78. The van der Waals surface area contributed by atoms with Gasteiger partial charge in [0.15, 0.2) is 0 Å². The molecule has 8 fully saturated rings. The average Bonchev–Trinajstić information content (AvgIpc) is 2.71. The second-order valence-corrected chi connectivity index (χ2v) is 13.0. The molecule has 0 radical (unpaired) electrons. The Labute approximate surface area is 189 Å². The molecule has 0 saturated heterocycles. The van der Waals surface area contributed by atoms with Crippen LogP contribution in [-0.4, -0.2) is 16.4 Å². The van der Waals surface area contributed by atoms with Gasteiger partial charge < -0.3 is 5.32 Å². The summed E-state index contributed by atoms with van der Waals surface area (Å²) in [6.07, 6.45) is 14.4. The van der Waals surface area contributed by atoms with E-state index in [1.165, 1.54) is 50.5 Å². The van der Waals surface area contributed by atoms with E-state index in [2.05, 4.69) is 5.32 Å². The highest BCUT2D eigenvalue weighted by Crippen LogP contribution is 2.66. The lowest BCUT2D eigenvalue weighted by Crippen LogP contribution is -2.65. The van der Waals surface area contributed by atoms with E-state index in [0.29, 0.717) is 17.7 Å². The number of carbonyl (C=O) groups is 1. The third-order valence-electron chi connectivity index (χ3n) is 10.7. The third-order valence-corrected chi connectivity index (χ3v) is 10.7. The minimum atomic E-state index is -0.316. The highest BCUT2D eigenvalue weighted by molar-refractivity contribution is 5.84. The van der Waals surface area contributed by atoms with Gasteiger partial charge in [-0.3, -0.25) is 14.9 Å². The molecule has 0 aromatic heterocycles. The van der Waals surface area contributed by atoms with Crippen LogP contribution in [0.15, 0.2) is 24.3 Å². The van der Waals surface area contributed by atoms with Crippen molar-refractivity contribution in [1.82, 2.24) is 5.32 Å². The zero-order valence-corrected chi connectivity index (χ0v) is 18.9. The summed E-state index contributed by atoms with van der Waals surface area (Å²) in [5, 5.41) is 14.9. The van der Waals surface area contributed by atoms with Gasteiger partial charge in [0.1, 0.15) is 0 Å². The van der Waals surface area contributed by atoms with Gasteiger partial charge >= 0.3 is 0 Å². The lowest BCUT2D eigenvalue weighted by molar-refractivity contribution is -0.384. The van der Waals surface area contributed by atoms with Gasteiger partial charge in [-0.2, -0.15) is 0 Å². The van der Waals surface area contributed by atoms with Crippen LogP contribution in [0.1, 0.15) is 82.6 Å². The van der Waals surface area contributed by atoms with E-state index in [4.69, 9.17) is 0 Å². The molecule has 0 aliphatic heterocycles. The summed E-state index contributed by atoms with van der Waals surface area (Å²) >= 11 is 0. The first-order valence-corrected chi connectivity index (χ1v) is 12.9. The van der Waals surface area contributed by atoms with Gasteiger partial charge in [-0.1, -0.05) is 12.1 Å². The quantitative estimate of drug-likeness (QED) is 0.501. The first kappa shape index (κ1) is 19.5. The van der Waals surface area contributed by atoms with Crippen LogP contribution < -0.4 is 5.32 Å². The fourth-order valence-corrected chi connectivity index (χ4v) is 10.4. The van der Waals surface area contributed by atoms with Crippen molar-refractivity contribution in [1.29, 1.82) is 0 Å². The number of nitrogens with zero attached hydrogens (tertiary/aromatic N) is 1. The zero-order valence-electron chi connectivity index (χ0n) is 18.9. The highest BCUT2D eigenvalue weighted by atomic mass is 16.6. The molecule has 170 valence electrons. The molecule has 5 nitrogen and oxygen atoms in total. The van der Waals surface area contributed by atoms with Crippen molar-refractivity contribution < 1.29 is 9.72 Å². The molecule has 2 unspecified atom stereocenters. The standard InChI is InChI=1S/C27H34N2O3/c30-24(28-27-13-17-5-18(14-27)7-19(6-17)15-27)26-11-20-8-21(12-26)10-25(9-20,16-26)22-1-3-23(4-2-22)29(31)32/h1-4,17-21H,5-16H2,(H,28,30). The van der Waals surface area contributed by atoms with Crippen LogP contribution in [0.2, 0.25) is 0 Å². The number of rotatable bonds is 4. The van der Waals surface area contributed by atoms with Gasteiger partial charge in [-0.05, 0) is 118 Å². The van der Waals surface area contributed by atoms with Crippen molar-refractivity contribution in [3.8, 4) is 0 Å². The molecule has 1 aromatic rings. The Kier molecular flexibility index (Phi) is 3.88. The first-order chi connectivity index (χ1) is 15.3. The van der Waals surface area contributed by atoms with E-state index in [1.54, 1.807) is 12.1 Å². The molecule has 1 amide bonds. The molecule has 8 bridgehead atoms. The highest BCUT2D eigenvalue weighted by Gasteiger charge is 2.62. The molecular weight excluding hydrogens is 400 g/mol. The number of hydrogen-bond donors (Lipinski definition) is 1. The summed E-state index contributed by atoms with van der Waals surface area (Å²) in [6, 6.07) is 7.29. The van der Waals surface area contributed by atoms with E-state index < -0.39 is 0 Å². The lowest BCUT2D eigenvalue weighted by atomic mass is 9.42. The first-order valence-electron chi connectivity index (χ1n) is 12.9. The van der Waals surface area contributed by atoms with Crippen molar-refractivity contribution in [3.05, 3.63) is 39.9 Å². The summed E-state index contributed by atoms with van der Waals surface area (Å²) in [5.41, 5.74) is 1.26. The predicted octanol–water partition coefficient (Wildman–Crippen LogP) is 5.52. The van der Waals surface area contributed by atoms with E-state index in [9.17, 15) is 14.9 Å². The van der Waals surface area contributed by atoms with Crippen molar-refractivity contribution in [2.75, 3.05) is 0 Å². The zero-order chi connectivity index (χ0) is 21.7. The van der Waals surface area contributed by atoms with Gasteiger partial charge in [0.05, 0.1) is 10.3 Å². The second-order valence-electron chi connectivity index (χ2n) is 13.0. The Hall–Kier alpha value is -1.91. The van der Waals surface area contributed by atoms with Gasteiger partial charge in [0.2, 0.25) is 5.91 Å². The summed E-state index contributed by atoms with van der Waals surface area (Å²) in [7, 11) is 0. The number of hydrogen-bond acceptors (Lipinski definition) is 3. The minimum Gasteiger partial charge on any atom is -0.350 e. The SMILES string of the molecule is O=C(NC12CC3CC(CC(C3)C1)C2)C12CC3CC(C1)CC(c1ccc([N+](=O)[O-])cc1)(C3)C2. The number of nitro benzene ring substituents is 1. The Morgan fingerprint density at radius 1 is 0.812 bits per heavy atom. The molecule has 8 saturated carbocycles. The molecule has 5 heteroatoms. The van der Waals surface area contributed by atoms with Crippen molar-refractivity contribution in [2.24, 2.45) is 35.0 Å². The average molecular weight is 435 g/mol. The van der Waals surface area contributed by atoms with Gasteiger partial charge in [0, 0.05) is 17.7 Å². The fraction of sp³-hybridized carbons (Fsp3) is 0.741. The largest absolute Gasteiger partial charge is 0.350 e. The Morgan fingerprint density at radius 2 is 1.34 bits per heavy atom. The van der Waals surface area contributed by atoms with E-state index in [0.717, 1.165) is 49.9 Å². The normalized spacial score (nSPS) is 47.6. The number of carbonyl (C=O) groups excluding carboxylic acids is 1. The molecule has 9 rings (SSSR count).